The summed E-state index contributed by atoms with van der Waals surface area (Å²) in [6.45, 7) is 7.99. The highest BCUT2D eigenvalue weighted by Gasteiger charge is 2.15. The predicted molar refractivity (Wildman–Crippen MR) is 66.8 cm³/mol. The van der Waals surface area contributed by atoms with Crippen LogP contribution in [-0.4, -0.2) is 48.1 Å². The third-order valence-corrected chi connectivity index (χ3v) is 2.58. The molecule has 1 unspecified atom stereocenters. The Balaban J connectivity index is 4.03. The molecule has 17 heavy (non-hydrogen) atoms. The highest BCUT2D eigenvalue weighted by atomic mass is 16.4. The molecule has 0 heterocycles. The van der Waals surface area contributed by atoms with E-state index in [1.165, 1.54) is 6.92 Å². The lowest BCUT2D eigenvalue weighted by atomic mass is 10.1. The number of aliphatic carboxylic acids is 1. The van der Waals surface area contributed by atoms with Gasteiger partial charge in [0.2, 0.25) is 5.91 Å². The summed E-state index contributed by atoms with van der Waals surface area (Å²) in [7, 11) is 0. The molecule has 0 aliphatic heterocycles. The largest absolute Gasteiger partial charge is 0.481 e. The number of nitrogens with zero attached hydrogens (tertiary/aromatic N) is 1. The summed E-state index contributed by atoms with van der Waals surface area (Å²) >= 11 is 0. The van der Waals surface area contributed by atoms with Gasteiger partial charge in [0.25, 0.3) is 0 Å². The van der Waals surface area contributed by atoms with E-state index < -0.39 is 5.97 Å². The topological polar surface area (TPSA) is 69.6 Å². The van der Waals surface area contributed by atoms with Crippen LogP contribution in [0.1, 0.15) is 33.6 Å². The molecule has 1 amide bonds. The van der Waals surface area contributed by atoms with Crippen LogP contribution in [0.25, 0.3) is 0 Å². The maximum absolute atomic E-state index is 10.8. The van der Waals surface area contributed by atoms with Gasteiger partial charge in [0.15, 0.2) is 0 Å². The molecule has 0 saturated carbocycles. The van der Waals surface area contributed by atoms with Crippen LogP contribution in [0.3, 0.4) is 0 Å². The van der Waals surface area contributed by atoms with E-state index in [2.05, 4.69) is 17.1 Å². The molecule has 100 valence electrons. The van der Waals surface area contributed by atoms with Gasteiger partial charge >= 0.3 is 5.97 Å². The van der Waals surface area contributed by atoms with Crippen LogP contribution < -0.4 is 5.32 Å². The Morgan fingerprint density at radius 2 is 2.00 bits per heavy atom. The van der Waals surface area contributed by atoms with Crippen LogP contribution >= 0.6 is 0 Å². The molecule has 0 aromatic heterocycles. The smallest absolute Gasteiger partial charge is 0.307 e. The Morgan fingerprint density at radius 3 is 2.47 bits per heavy atom. The monoisotopic (exact) mass is 244 g/mol. The fraction of sp³-hybridized carbons (Fsp3) is 0.833. The third-order valence-electron chi connectivity index (χ3n) is 2.58. The lowest BCUT2D eigenvalue weighted by molar-refractivity contribution is -0.141. The van der Waals surface area contributed by atoms with E-state index in [1.807, 2.05) is 0 Å². The first kappa shape index (κ1) is 15.9. The van der Waals surface area contributed by atoms with Gasteiger partial charge in [-0.3, -0.25) is 9.59 Å². The molecule has 5 heteroatoms. The van der Waals surface area contributed by atoms with Crippen molar-refractivity contribution in [1.82, 2.24) is 10.2 Å². The summed E-state index contributed by atoms with van der Waals surface area (Å²) in [5.74, 6) is -1.19. The zero-order chi connectivity index (χ0) is 13.3. The van der Waals surface area contributed by atoms with E-state index in [0.29, 0.717) is 19.6 Å². The van der Waals surface area contributed by atoms with Crippen LogP contribution in [0.5, 0.6) is 0 Å². The first-order valence-electron chi connectivity index (χ1n) is 6.17. The lowest BCUT2D eigenvalue weighted by Crippen LogP contribution is -2.38. The van der Waals surface area contributed by atoms with Crippen molar-refractivity contribution in [2.24, 2.45) is 5.92 Å². The number of carbonyl (C=O) groups excluding carboxylic acids is 1. The number of rotatable bonds is 9. The Kier molecular flexibility index (Phi) is 8.40. The maximum Gasteiger partial charge on any atom is 0.307 e. The van der Waals surface area contributed by atoms with E-state index in [4.69, 9.17) is 5.11 Å². The van der Waals surface area contributed by atoms with Gasteiger partial charge in [-0.1, -0.05) is 20.3 Å². The Morgan fingerprint density at radius 1 is 1.35 bits per heavy atom. The molecule has 0 radical (unpaired) electrons. The summed E-state index contributed by atoms with van der Waals surface area (Å²) in [4.78, 5) is 23.6. The highest BCUT2D eigenvalue weighted by Crippen LogP contribution is 2.02. The van der Waals surface area contributed by atoms with Crippen molar-refractivity contribution in [2.75, 3.05) is 26.2 Å². The van der Waals surface area contributed by atoms with Crippen LogP contribution in [0.2, 0.25) is 0 Å². The van der Waals surface area contributed by atoms with Gasteiger partial charge in [-0.15, -0.1) is 0 Å². The number of carboxylic acids is 1. The van der Waals surface area contributed by atoms with E-state index in [1.54, 1.807) is 6.92 Å². The van der Waals surface area contributed by atoms with E-state index in [-0.39, 0.29) is 11.8 Å². The van der Waals surface area contributed by atoms with Gasteiger partial charge in [0.05, 0.1) is 5.92 Å². The molecule has 2 N–H and O–H groups in total. The molecule has 0 bridgehead atoms. The Labute approximate surface area is 103 Å². The summed E-state index contributed by atoms with van der Waals surface area (Å²) < 4.78 is 0. The number of nitrogens with one attached hydrogen (secondary N) is 1. The third kappa shape index (κ3) is 8.68. The van der Waals surface area contributed by atoms with Gasteiger partial charge in [-0.05, 0) is 13.0 Å². The average Bonchev–Trinajstić information content (AvgIpc) is 2.24. The van der Waals surface area contributed by atoms with Crippen LogP contribution in [0.15, 0.2) is 0 Å². The number of hydrogen-bond acceptors (Lipinski definition) is 3. The van der Waals surface area contributed by atoms with Gasteiger partial charge in [0.1, 0.15) is 0 Å². The van der Waals surface area contributed by atoms with Crippen LogP contribution in [0, 0.1) is 5.92 Å². The maximum atomic E-state index is 10.8. The Hall–Kier alpha value is -1.10. The molecule has 1 atom stereocenters. The molecule has 0 fully saturated rings. The summed E-state index contributed by atoms with van der Waals surface area (Å²) in [5, 5.41) is 11.6. The van der Waals surface area contributed by atoms with E-state index in [9.17, 15) is 9.59 Å². The molecule has 0 aromatic carbocycles. The predicted octanol–water partition coefficient (Wildman–Crippen LogP) is 0.945. The standard InChI is InChI=1S/C12H24N2O3/c1-4-5-7-14(8-6-13-11(3)15)9-10(2)12(16)17/h10H,4-9H2,1-3H3,(H,13,15)(H,16,17). The molecular formula is C12H24N2O3. The summed E-state index contributed by atoms with van der Waals surface area (Å²) in [6.07, 6.45) is 2.13. The number of unbranched alkanes of at least 4 members (excludes halogenated alkanes) is 1. The van der Waals surface area contributed by atoms with Crippen molar-refractivity contribution < 1.29 is 14.7 Å². The minimum atomic E-state index is -0.772. The Bertz CT molecular complexity index is 244. The fourth-order valence-electron chi connectivity index (χ4n) is 1.53. The van der Waals surface area contributed by atoms with Crippen molar-refractivity contribution in [3.63, 3.8) is 0 Å². The molecule has 0 aromatic rings. The zero-order valence-corrected chi connectivity index (χ0v) is 11.0. The second-order valence-electron chi connectivity index (χ2n) is 4.38. The van der Waals surface area contributed by atoms with E-state index >= 15 is 0 Å². The molecule has 0 saturated heterocycles. The van der Waals surface area contributed by atoms with Gasteiger partial charge in [0, 0.05) is 26.6 Å². The normalized spacial score (nSPS) is 12.5. The minimum Gasteiger partial charge on any atom is -0.481 e. The number of hydrogen-bond donors (Lipinski definition) is 2. The van der Waals surface area contributed by atoms with Crippen molar-refractivity contribution in [1.29, 1.82) is 0 Å². The quantitative estimate of drug-likeness (QED) is 0.633. The first-order valence-corrected chi connectivity index (χ1v) is 6.17. The van der Waals surface area contributed by atoms with E-state index in [0.717, 1.165) is 19.4 Å². The second kappa shape index (κ2) is 8.98. The summed E-state index contributed by atoms with van der Waals surface area (Å²) in [5.41, 5.74) is 0. The van der Waals surface area contributed by atoms with Gasteiger partial charge in [-0.2, -0.15) is 0 Å². The minimum absolute atomic E-state index is 0.0493. The molecule has 0 aliphatic rings. The molecule has 0 spiro atoms. The molecular weight excluding hydrogens is 220 g/mol. The van der Waals surface area contributed by atoms with Crippen LogP contribution in [-0.2, 0) is 9.59 Å². The van der Waals surface area contributed by atoms with Gasteiger partial charge in [-0.25, -0.2) is 0 Å². The van der Waals surface area contributed by atoms with Gasteiger partial charge < -0.3 is 15.3 Å². The fourth-order valence-corrected chi connectivity index (χ4v) is 1.53. The molecule has 0 rings (SSSR count). The first-order chi connectivity index (χ1) is 7.97. The van der Waals surface area contributed by atoms with Crippen LogP contribution in [0.4, 0.5) is 0 Å². The second-order valence-corrected chi connectivity index (χ2v) is 4.38. The highest BCUT2D eigenvalue weighted by molar-refractivity contribution is 5.72. The summed E-state index contributed by atoms with van der Waals surface area (Å²) in [6, 6.07) is 0. The van der Waals surface area contributed by atoms with Crippen molar-refractivity contribution >= 4 is 11.9 Å². The van der Waals surface area contributed by atoms with Crippen molar-refractivity contribution in [2.45, 2.75) is 33.6 Å². The molecule has 5 nitrogen and oxygen atoms in total. The van der Waals surface area contributed by atoms with Crippen molar-refractivity contribution in [3.05, 3.63) is 0 Å². The van der Waals surface area contributed by atoms with Crippen molar-refractivity contribution in [3.8, 4) is 0 Å². The average molecular weight is 244 g/mol. The number of amides is 1. The lowest BCUT2D eigenvalue weighted by Gasteiger charge is -2.24. The number of carbonyl (C=O) groups is 2. The molecule has 0 aliphatic carbocycles. The SMILES string of the molecule is CCCCN(CCNC(C)=O)CC(C)C(=O)O. The zero-order valence-electron chi connectivity index (χ0n) is 11.0. The number of carboxylic acid groups (broad SMARTS) is 1.